The number of nitrogens with two attached hydrogens (primary N) is 1. The van der Waals surface area contributed by atoms with E-state index in [-0.39, 0.29) is 6.04 Å². The van der Waals surface area contributed by atoms with Gasteiger partial charge in [-0.05, 0) is 37.8 Å². The zero-order valence-electron chi connectivity index (χ0n) is 7.63. The molecule has 13 heavy (non-hydrogen) atoms. The number of nitrogens with zero attached hydrogens (tertiary/aromatic N) is 1. The van der Waals surface area contributed by atoms with Gasteiger partial charge in [-0.3, -0.25) is 4.98 Å². The third-order valence-electron chi connectivity index (χ3n) is 2.41. The number of aryl methyl sites for hydroxylation is 1. The molecule has 0 aliphatic heterocycles. The van der Waals surface area contributed by atoms with Crippen molar-refractivity contribution in [3.8, 4) is 0 Å². The summed E-state index contributed by atoms with van der Waals surface area (Å²) in [6, 6.07) is 3.81. The lowest BCUT2D eigenvalue weighted by molar-refractivity contribution is 0.613. The van der Waals surface area contributed by atoms with Gasteiger partial charge in [0.15, 0.2) is 0 Å². The second-order valence-electron chi connectivity index (χ2n) is 3.71. The Labute approximate surface area is 83.1 Å². The Kier molecular flexibility index (Phi) is 2.26. The van der Waals surface area contributed by atoms with E-state index < -0.39 is 0 Å². The van der Waals surface area contributed by atoms with Crippen LogP contribution in [0.5, 0.6) is 0 Å². The molecule has 0 spiro atoms. The minimum atomic E-state index is 0.0809. The molecule has 2 N–H and O–H groups in total. The summed E-state index contributed by atoms with van der Waals surface area (Å²) < 4.78 is 0. The van der Waals surface area contributed by atoms with E-state index in [4.69, 9.17) is 17.3 Å². The van der Waals surface area contributed by atoms with Crippen LogP contribution in [0.1, 0.15) is 30.3 Å². The first kappa shape index (κ1) is 8.97. The van der Waals surface area contributed by atoms with Gasteiger partial charge in [0.05, 0.1) is 5.69 Å². The van der Waals surface area contributed by atoms with Crippen molar-refractivity contribution in [3.63, 3.8) is 0 Å². The summed E-state index contributed by atoms with van der Waals surface area (Å²) in [7, 11) is 0. The van der Waals surface area contributed by atoms with Gasteiger partial charge in [-0.2, -0.15) is 0 Å². The van der Waals surface area contributed by atoms with Crippen LogP contribution in [-0.2, 0) is 0 Å². The zero-order valence-corrected chi connectivity index (χ0v) is 8.38. The molecule has 1 aromatic rings. The minimum Gasteiger partial charge on any atom is -0.322 e. The van der Waals surface area contributed by atoms with Crippen molar-refractivity contribution in [3.05, 3.63) is 28.5 Å². The maximum atomic E-state index is 6.02. The molecule has 2 rings (SSSR count). The van der Waals surface area contributed by atoms with Crippen LogP contribution in [0.2, 0.25) is 5.02 Å². The van der Waals surface area contributed by atoms with E-state index in [2.05, 4.69) is 4.98 Å². The maximum absolute atomic E-state index is 6.02. The second-order valence-corrected chi connectivity index (χ2v) is 4.15. The highest BCUT2D eigenvalue weighted by Gasteiger charge is 2.30. The molecule has 0 radical (unpaired) electrons. The van der Waals surface area contributed by atoms with Crippen molar-refractivity contribution in [2.24, 2.45) is 11.7 Å². The Hall–Kier alpha value is -0.600. The number of hydrogen-bond donors (Lipinski definition) is 1. The van der Waals surface area contributed by atoms with Crippen molar-refractivity contribution in [2.75, 3.05) is 0 Å². The molecular formula is C10H13ClN2. The third-order valence-corrected chi connectivity index (χ3v) is 2.63. The van der Waals surface area contributed by atoms with Crippen molar-refractivity contribution in [1.82, 2.24) is 4.98 Å². The van der Waals surface area contributed by atoms with Crippen LogP contribution in [0.25, 0.3) is 0 Å². The van der Waals surface area contributed by atoms with Crippen LogP contribution >= 0.6 is 11.6 Å². The molecule has 0 amide bonds. The molecule has 1 aliphatic rings. The summed E-state index contributed by atoms with van der Waals surface area (Å²) in [5.74, 6) is 0.630. The van der Waals surface area contributed by atoms with Crippen molar-refractivity contribution < 1.29 is 0 Å². The van der Waals surface area contributed by atoms with Gasteiger partial charge in [0, 0.05) is 16.8 Å². The van der Waals surface area contributed by atoms with E-state index >= 15 is 0 Å². The van der Waals surface area contributed by atoms with E-state index in [1.54, 1.807) is 0 Å². The molecule has 1 aliphatic carbocycles. The van der Waals surface area contributed by atoms with E-state index in [0.717, 1.165) is 16.4 Å². The van der Waals surface area contributed by atoms with E-state index in [1.165, 1.54) is 12.8 Å². The fourth-order valence-corrected chi connectivity index (χ4v) is 1.79. The Morgan fingerprint density at radius 1 is 1.54 bits per heavy atom. The van der Waals surface area contributed by atoms with Gasteiger partial charge in [0.25, 0.3) is 0 Å². The number of aromatic nitrogens is 1. The number of rotatable bonds is 2. The summed E-state index contributed by atoms with van der Waals surface area (Å²) in [6.45, 7) is 1.94. The van der Waals surface area contributed by atoms with Gasteiger partial charge in [-0.1, -0.05) is 11.6 Å². The molecule has 1 aromatic heterocycles. The minimum absolute atomic E-state index is 0.0809. The molecule has 0 aromatic carbocycles. The quantitative estimate of drug-likeness (QED) is 0.789. The van der Waals surface area contributed by atoms with Gasteiger partial charge in [-0.15, -0.1) is 0 Å². The smallest absolute Gasteiger partial charge is 0.0591 e. The SMILES string of the molecule is Cc1cc(Cl)cc(C(N)C2CC2)n1. The molecule has 1 heterocycles. The molecule has 1 atom stereocenters. The molecular weight excluding hydrogens is 184 g/mol. The highest BCUT2D eigenvalue weighted by atomic mass is 35.5. The average molecular weight is 197 g/mol. The van der Waals surface area contributed by atoms with Crippen molar-refractivity contribution in [2.45, 2.75) is 25.8 Å². The fourth-order valence-electron chi connectivity index (χ4n) is 1.52. The largest absolute Gasteiger partial charge is 0.322 e. The Bertz CT molecular complexity index is 300. The van der Waals surface area contributed by atoms with Crippen LogP contribution in [0, 0.1) is 12.8 Å². The van der Waals surface area contributed by atoms with Crippen molar-refractivity contribution in [1.29, 1.82) is 0 Å². The molecule has 1 unspecified atom stereocenters. The maximum Gasteiger partial charge on any atom is 0.0591 e. The summed E-state index contributed by atoms with van der Waals surface area (Å²) in [4.78, 5) is 4.39. The first-order valence-electron chi connectivity index (χ1n) is 4.56. The van der Waals surface area contributed by atoms with E-state index in [9.17, 15) is 0 Å². The predicted octanol–water partition coefficient (Wildman–Crippen LogP) is 2.45. The molecule has 0 bridgehead atoms. The summed E-state index contributed by atoms with van der Waals surface area (Å²) >= 11 is 5.92. The Morgan fingerprint density at radius 3 is 2.77 bits per heavy atom. The van der Waals surface area contributed by atoms with Crippen molar-refractivity contribution >= 4 is 11.6 Å². The molecule has 1 fully saturated rings. The van der Waals surface area contributed by atoms with Crippen LogP contribution < -0.4 is 5.73 Å². The normalized spacial score (nSPS) is 18.7. The summed E-state index contributed by atoms with van der Waals surface area (Å²) in [6.07, 6.45) is 2.46. The molecule has 3 heteroatoms. The Morgan fingerprint density at radius 2 is 2.23 bits per heavy atom. The summed E-state index contributed by atoms with van der Waals surface area (Å²) in [5, 5.41) is 0.735. The molecule has 2 nitrogen and oxygen atoms in total. The zero-order chi connectivity index (χ0) is 9.42. The summed E-state index contributed by atoms with van der Waals surface area (Å²) in [5.41, 5.74) is 7.90. The first-order chi connectivity index (χ1) is 6.16. The van der Waals surface area contributed by atoms with Gasteiger partial charge in [0.1, 0.15) is 0 Å². The van der Waals surface area contributed by atoms with Crippen LogP contribution in [0.3, 0.4) is 0 Å². The van der Waals surface area contributed by atoms with Gasteiger partial charge < -0.3 is 5.73 Å². The van der Waals surface area contributed by atoms with Crippen LogP contribution in [0.15, 0.2) is 12.1 Å². The standard InChI is InChI=1S/C10H13ClN2/c1-6-4-8(11)5-9(13-6)10(12)7-2-3-7/h4-5,7,10H,2-3,12H2,1H3. The molecule has 0 saturated heterocycles. The average Bonchev–Trinajstić information content (AvgIpc) is 2.83. The first-order valence-corrected chi connectivity index (χ1v) is 4.94. The van der Waals surface area contributed by atoms with Gasteiger partial charge >= 0.3 is 0 Å². The van der Waals surface area contributed by atoms with E-state index in [0.29, 0.717) is 5.92 Å². The lowest BCUT2D eigenvalue weighted by Gasteiger charge is -2.10. The molecule has 1 saturated carbocycles. The van der Waals surface area contributed by atoms with E-state index in [1.807, 2.05) is 19.1 Å². The van der Waals surface area contributed by atoms with Gasteiger partial charge in [-0.25, -0.2) is 0 Å². The Balaban J connectivity index is 2.27. The highest BCUT2D eigenvalue weighted by Crippen LogP contribution is 2.39. The van der Waals surface area contributed by atoms with Crippen LogP contribution in [0.4, 0.5) is 0 Å². The highest BCUT2D eigenvalue weighted by molar-refractivity contribution is 6.30. The topological polar surface area (TPSA) is 38.9 Å². The van der Waals surface area contributed by atoms with Crippen LogP contribution in [-0.4, -0.2) is 4.98 Å². The number of hydrogen-bond acceptors (Lipinski definition) is 2. The number of pyridine rings is 1. The monoisotopic (exact) mass is 196 g/mol. The van der Waals surface area contributed by atoms with Gasteiger partial charge in [0.2, 0.25) is 0 Å². The number of halogens is 1. The predicted molar refractivity (Wildman–Crippen MR) is 53.6 cm³/mol. The fraction of sp³-hybridized carbons (Fsp3) is 0.500. The lowest BCUT2D eigenvalue weighted by Crippen LogP contribution is -2.14. The lowest BCUT2D eigenvalue weighted by atomic mass is 10.1. The second kappa shape index (κ2) is 3.28. The third kappa shape index (κ3) is 2.01. The molecule has 70 valence electrons.